The van der Waals surface area contributed by atoms with Gasteiger partial charge in [-0.3, -0.25) is 4.79 Å². The first kappa shape index (κ1) is 14.3. The molecule has 2 heterocycles. The van der Waals surface area contributed by atoms with Gasteiger partial charge in [0.25, 0.3) is 5.56 Å². The molecule has 0 bridgehead atoms. The summed E-state index contributed by atoms with van der Waals surface area (Å²) in [4.78, 5) is 11.9. The van der Waals surface area contributed by atoms with E-state index in [0.717, 1.165) is 25.9 Å². The van der Waals surface area contributed by atoms with Crippen molar-refractivity contribution in [1.82, 2.24) is 15.1 Å². The lowest BCUT2D eigenvalue weighted by Crippen LogP contribution is -2.32. The van der Waals surface area contributed by atoms with E-state index in [-0.39, 0.29) is 29.8 Å². The summed E-state index contributed by atoms with van der Waals surface area (Å²) < 4.78 is 1.17. The Hall–Kier alpha value is -1.11. The third-order valence-corrected chi connectivity index (χ3v) is 3.57. The monoisotopic (exact) mass is 286 g/mol. The van der Waals surface area contributed by atoms with E-state index >= 15 is 0 Å². The molecule has 1 aliphatic rings. The molecule has 1 atom stereocenters. The number of aliphatic hydroxyl groups excluding tert-OH is 1. The van der Waals surface area contributed by atoms with Crippen LogP contribution in [0.2, 0.25) is 5.02 Å². The highest BCUT2D eigenvalue weighted by Crippen LogP contribution is 2.18. The second kappa shape index (κ2) is 6.88. The van der Waals surface area contributed by atoms with Gasteiger partial charge < -0.3 is 15.7 Å². The van der Waals surface area contributed by atoms with Crippen LogP contribution < -0.4 is 16.2 Å². The molecule has 2 rings (SSSR count). The van der Waals surface area contributed by atoms with E-state index in [0.29, 0.717) is 5.69 Å². The zero-order chi connectivity index (χ0) is 13.7. The maximum absolute atomic E-state index is 11.9. The zero-order valence-electron chi connectivity index (χ0n) is 10.7. The van der Waals surface area contributed by atoms with Crippen molar-refractivity contribution >= 4 is 17.3 Å². The molecule has 19 heavy (non-hydrogen) atoms. The molecule has 6 nitrogen and oxygen atoms in total. The summed E-state index contributed by atoms with van der Waals surface area (Å²) >= 11 is 6.06. The molecule has 1 fully saturated rings. The largest absolute Gasteiger partial charge is 0.394 e. The number of anilines is 1. The van der Waals surface area contributed by atoms with Crippen molar-refractivity contribution < 1.29 is 5.11 Å². The molecule has 1 aliphatic heterocycles. The maximum Gasteiger partial charge on any atom is 0.287 e. The number of aliphatic hydroxyl groups is 1. The Morgan fingerprint density at radius 1 is 1.58 bits per heavy atom. The zero-order valence-corrected chi connectivity index (χ0v) is 11.5. The molecule has 0 spiro atoms. The average molecular weight is 287 g/mol. The standard InChI is InChI=1S/C12H19ClN4O2/c13-11-10(8-15-17(5-6-18)12(11)19)16-9-3-1-2-4-14-7-9/h8-9,14,16,18H,1-7H2. The van der Waals surface area contributed by atoms with Gasteiger partial charge in [0.15, 0.2) is 0 Å². The van der Waals surface area contributed by atoms with Gasteiger partial charge >= 0.3 is 0 Å². The summed E-state index contributed by atoms with van der Waals surface area (Å²) in [6.07, 6.45) is 4.91. The SMILES string of the molecule is O=c1c(Cl)c(NC2CCCCNC2)cnn1CCO. The molecule has 0 aliphatic carbocycles. The van der Waals surface area contributed by atoms with Crippen molar-refractivity contribution in [3.63, 3.8) is 0 Å². The second-order valence-corrected chi connectivity index (χ2v) is 5.04. The fraction of sp³-hybridized carbons (Fsp3) is 0.667. The van der Waals surface area contributed by atoms with Gasteiger partial charge in [0.1, 0.15) is 5.02 Å². The smallest absolute Gasteiger partial charge is 0.287 e. The molecule has 106 valence electrons. The number of nitrogens with zero attached hydrogens (tertiary/aromatic N) is 2. The van der Waals surface area contributed by atoms with Gasteiger partial charge in [-0.1, -0.05) is 18.0 Å². The normalized spacial score (nSPS) is 20.0. The summed E-state index contributed by atoms with van der Waals surface area (Å²) in [6.45, 7) is 1.91. The molecule has 1 aromatic heterocycles. The van der Waals surface area contributed by atoms with E-state index < -0.39 is 0 Å². The van der Waals surface area contributed by atoms with Gasteiger partial charge in [-0.25, -0.2) is 4.68 Å². The summed E-state index contributed by atoms with van der Waals surface area (Å²) in [6, 6.07) is 0.259. The first-order valence-electron chi connectivity index (χ1n) is 6.56. The minimum absolute atomic E-state index is 0.132. The number of rotatable bonds is 4. The Morgan fingerprint density at radius 3 is 3.21 bits per heavy atom. The third-order valence-electron chi connectivity index (χ3n) is 3.20. The quantitative estimate of drug-likeness (QED) is 0.749. The van der Waals surface area contributed by atoms with Gasteiger partial charge in [0.05, 0.1) is 25.0 Å². The van der Waals surface area contributed by atoms with Crippen LogP contribution in [0.1, 0.15) is 19.3 Å². The number of hydrogen-bond acceptors (Lipinski definition) is 5. The van der Waals surface area contributed by atoms with E-state index in [4.69, 9.17) is 16.7 Å². The summed E-state index contributed by atoms with van der Waals surface area (Å²) in [5.41, 5.74) is 0.192. The summed E-state index contributed by atoms with van der Waals surface area (Å²) in [5.74, 6) is 0. The minimum Gasteiger partial charge on any atom is -0.394 e. The molecule has 3 N–H and O–H groups in total. The molecule has 7 heteroatoms. The Bertz CT molecular complexity index is 469. The molecular formula is C12H19ClN4O2. The van der Waals surface area contributed by atoms with Crippen LogP contribution in [0, 0.1) is 0 Å². The van der Waals surface area contributed by atoms with Crippen LogP contribution in [0.4, 0.5) is 5.69 Å². The van der Waals surface area contributed by atoms with Gasteiger partial charge in [-0.05, 0) is 19.4 Å². The maximum atomic E-state index is 11.9. The van der Waals surface area contributed by atoms with E-state index in [9.17, 15) is 4.79 Å². The Morgan fingerprint density at radius 2 is 2.42 bits per heavy atom. The van der Waals surface area contributed by atoms with Crippen molar-refractivity contribution in [2.75, 3.05) is 25.0 Å². The van der Waals surface area contributed by atoms with Crippen LogP contribution in [0.15, 0.2) is 11.0 Å². The molecular weight excluding hydrogens is 268 g/mol. The predicted molar refractivity (Wildman–Crippen MR) is 74.7 cm³/mol. The van der Waals surface area contributed by atoms with Gasteiger partial charge in [-0.2, -0.15) is 5.10 Å². The fourth-order valence-electron chi connectivity index (χ4n) is 2.18. The van der Waals surface area contributed by atoms with Gasteiger partial charge in [0.2, 0.25) is 0 Å². The molecule has 0 saturated carbocycles. The Kier molecular flexibility index (Phi) is 5.18. The Labute approximate surface area is 116 Å². The number of nitrogens with one attached hydrogen (secondary N) is 2. The third kappa shape index (κ3) is 3.68. The molecule has 1 saturated heterocycles. The highest BCUT2D eigenvalue weighted by Gasteiger charge is 2.15. The van der Waals surface area contributed by atoms with E-state index in [2.05, 4.69) is 15.7 Å². The summed E-state index contributed by atoms with van der Waals surface area (Å²) in [7, 11) is 0. The number of aromatic nitrogens is 2. The molecule has 0 amide bonds. The molecule has 0 radical (unpaired) electrons. The van der Waals surface area contributed by atoms with E-state index in [1.807, 2.05) is 0 Å². The van der Waals surface area contributed by atoms with Gasteiger partial charge in [-0.15, -0.1) is 0 Å². The van der Waals surface area contributed by atoms with Crippen LogP contribution in [-0.2, 0) is 6.54 Å². The van der Waals surface area contributed by atoms with Gasteiger partial charge in [0, 0.05) is 12.6 Å². The van der Waals surface area contributed by atoms with Crippen molar-refractivity contribution in [3.05, 3.63) is 21.6 Å². The Balaban J connectivity index is 2.12. The van der Waals surface area contributed by atoms with Crippen molar-refractivity contribution in [1.29, 1.82) is 0 Å². The fourth-order valence-corrected chi connectivity index (χ4v) is 2.38. The first-order chi connectivity index (χ1) is 9.22. The molecule has 1 unspecified atom stereocenters. The van der Waals surface area contributed by atoms with Crippen molar-refractivity contribution in [2.24, 2.45) is 0 Å². The highest BCUT2D eigenvalue weighted by atomic mass is 35.5. The lowest BCUT2D eigenvalue weighted by atomic mass is 10.1. The van der Waals surface area contributed by atoms with Crippen LogP contribution in [0.5, 0.6) is 0 Å². The lowest BCUT2D eigenvalue weighted by Gasteiger charge is -2.18. The predicted octanol–water partition coefficient (Wildman–Crippen LogP) is 0.443. The summed E-state index contributed by atoms with van der Waals surface area (Å²) in [5, 5.41) is 19.6. The lowest BCUT2D eigenvalue weighted by molar-refractivity contribution is 0.266. The number of halogens is 1. The van der Waals surface area contributed by atoms with Crippen LogP contribution in [0.25, 0.3) is 0 Å². The first-order valence-corrected chi connectivity index (χ1v) is 6.94. The van der Waals surface area contributed by atoms with E-state index in [1.54, 1.807) is 6.20 Å². The highest BCUT2D eigenvalue weighted by molar-refractivity contribution is 6.32. The second-order valence-electron chi connectivity index (χ2n) is 4.67. The minimum atomic E-state index is -0.373. The van der Waals surface area contributed by atoms with Crippen LogP contribution >= 0.6 is 11.6 Å². The van der Waals surface area contributed by atoms with Crippen LogP contribution in [-0.4, -0.2) is 40.6 Å². The number of hydrogen-bond donors (Lipinski definition) is 3. The van der Waals surface area contributed by atoms with Crippen molar-refractivity contribution in [3.8, 4) is 0 Å². The van der Waals surface area contributed by atoms with Crippen molar-refractivity contribution in [2.45, 2.75) is 31.8 Å². The molecule has 1 aromatic rings. The van der Waals surface area contributed by atoms with E-state index in [1.165, 1.54) is 11.1 Å². The van der Waals surface area contributed by atoms with Crippen LogP contribution in [0.3, 0.4) is 0 Å². The average Bonchev–Trinajstić information content (AvgIpc) is 2.67. The molecule has 0 aromatic carbocycles. The topological polar surface area (TPSA) is 79.2 Å².